The lowest BCUT2D eigenvalue weighted by atomic mass is 10.2. The van der Waals surface area contributed by atoms with Gasteiger partial charge in [0.05, 0.1) is 4.90 Å². The lowest BCUT2D eigenvalue weighted by Crippen LogP contribution is -2.30. The van der Waals surface area contributed by atoms with Gasteiger partial charge in [-0.2, -0.15) is 4.31 Å². The number of nitrogens with one attached hydrogen (secondary N) is 1. The van der Waals surface area contributed by atoms with E-state index in [0.29, 0.717) is 18.8 Å². The number of hydrogen-bond acceptors (Lipinski definition) is 7. The van der Waals surface area contributed by atoms with E-state index in [1.807, 2.05) is 0 Å². The van der Waals surface area contributed by atoms with E-state index in [2.05, 4.69) is 5.32 Å². The van der Waals surface area contributed by atoms with E-state index in [1.54, 1.807) is 13.8 Å². The summed E-state index contributed by atoms with van der Waals surface area (Å²) in [7, 11) is -3.60. The summed E-state index contributed by atoms with van der Waals surface area (Å²) in [5.41, 5.74) is 0.138. The van der Waals surface area contributed by atoms with Crippen molar-refractivity contribution in [2.45, 2.75) is 18.7 Å². The Hall–Kier alpha value is -3.11. The summed E-state index contributed by atoms with van der Waals surface area (Å²) >= 11 is 0. The summed E-state index contributed by atoms with van der Waals surface area (Å²) in [6.07, 6.45) is 0. The molecule has 0 fully saturated rings. The predicted octanol–water partition coefficient (Wildman–Crippen LogP) is 1.92. The summed E-state index contributed by atoms with van der Waals surface area (Å²) in [5, 5.41) is 21.3. The van der Waals surface area contributed by atoms with Gasteiger partial charge in [-0.25, -0.2) is 13.2 Å². The summed E-state index contributed by atoms with van der Waals surface area (Å²) in [4.78, 5) is 24.0. The van der Waals surface area contributed by atoms with Crippen LogP contribution in [0.2, 0.25) is 0 Å². The fraction of sp³-hybridized carbons (Fsp3) is 0.263. The normalized spacial score (nSPS) is 11.3. The number of rotatable bonds is 8. The summed E-state index contributed by atoms with van der Waals surface area (Å²) < 4.78 is 31.0. The predicted molar refractivity (Wildman–Crippen MR) is 105 cm³/mol. The van der Waals surface area contributed by atoms with Gasteiger partial charge in [0, 0.05) is 24.8 Å². The first kappa shape index (κ1) is 22.2. The molecule has 2 rings (SSSR count). The number of amides is 1. The minimum atomic E-state index is -3.60. The van der Waals surface area contributed by atoms with Crippen molar-refractivity contribution in [3.05, 3.63) is 48.0 Å². The number of nitrogens with zero attached hydrogens (tertiary/aromatic N) is 1. The maximum absolute atomic E-state index is 12.4. The first-order valence-electron chi connectivity index (χ1n) is 8.78. The molecule has 10 heteroatoms. The quantitative estimate of drug-likeness (QED) is 0.554. The highest BCUT2D eigenvalue weighted by Gasteiger charge is 2.21. The Bertz CT molecular complexity index is 984. The first-order chi connectivity index (χ1) is 13.7. The Morgan fingerprint density at radius 3 is 2.21 bits per heavy atom. The number of anilines is 1. The molecule has 9 nitrogen and oxygen atoms in total. The molecule has 0 aliphatic carbocycles. The molecule has 29 heavy (non-hydrogen) atoms. The monoisotopic (exact) mass is 422 g/mol. The standard InChI is InChI=1S/C19H22N2O7S/c1-3-21(4-2)29(26,27)15-8-5-13(6-9-15)20-18(24)12-28-19(25)16-10-7-14(22)11-17(16)23/h5-11,22-23H,3-4,12H2,1-2H3,(H,20,24). The lowest BCUT2D eigenvalue weighted by Gasteiger charge is -2.18. The zero-order valence-electron chi connectivity index (χ0n) is 16.0. The number of carbonyl (C=O) groups is 2. The van der Waals surface area contributed by atoms with Crippen LogP contribution < -0.4 is 5.32 Å². The molecule has 0 aliphatic heterocycles. The number of esters is 1. The Morgan fingerprint density at radius 1 is 1.03 bits per heavy atom. The van der Waals surface area contributed by atoms with E-state index in [1.165, 1.54) is 40.7 Å². The van der Waals surface area contributed by atoms with Crippen LogP contribution >= 0.6 is 0 Å². The van der Waals surface area contributed by atoms with Crippen LogP contribution in [0.1, 0.15) is 24.2 Å². The smallest absolute Gasteiger partial charge is 0.342 e. The van der Waals surface area contributed by atoms with Crippen molar-refractivity contribution in [2.24, 2.45) is 0 Å². The van der Waals surface area contributed by atoms with Crippen LogP contribution in [0.3, 0.4) is 0 Å². The van der Waals surface area contributed by atoms with Gasteiger partial charge in [0.2, 0.25) is 10.0 Å². The molecular formula is C19H22N2O7S. The van der Waals surface area contributed by atoms with Crippen molar-refractivity contribution in [3.63, 3.8) is 0 Å². The lowest BCUT2D eigenvalue weighted by molar-refractivity contribution is -0.119. The third-order valence-electron chi connectivity index (χ3n) is 4.02. The molecule has 0 heterocycles. The molecule has 2 aromatic rings. The number of phenols is 2. The average molecular weight is 422 g/mol. The van der Waals surface area contributed by atoms with Gasteiger partial charge < -0.3 is 20.3 Å². The molecule has 0 unspecified atom stereocenters. The van der Waals surface area contributed by atoms with Crippen LogP contribution in [-0.4, -0.2) is 54.5 Å². The van der Waals surface area contributed by atoms with Gasteiger partial charge in [-0.3, -0.25) is 4.79 Å². The minimum Gasteiger partial charge on any atom is -0.508 e. The molecule has 0 aromatic heterocycles. The molecule has 1 amide bonds. The number of aromatic hydroxyl groups is 2. The van der Waals surface area contributed by atoms with Crippen molar-refractivity contribution in [2.75, 3.05) is 25.0 Å². The van der Waals surface area contributed by atoms with Gasteiger partial charge in [0.1, 0.15) is 17.1 Å². The molecule has 0 saturated carbocycles. The van der Waals surface area contributed by atoms with Gasteiger partial charge in [0.25, 0.3) is 5.91 Å². The molecule has 0 bridgehead atoms. The molecule has 156 valence electrons. The second-order valence-corrected chi connectivity index (χ2v) is 7.88. The maximum atomic E-state index is 12.4. The van der Waals surface area contributed by atoms with Crippen LogP contribution in [0.5, 0.6) is 11.5 Å². The fourth-order valence-corrected chi connectivity index (χ4v) is 3.98. The molecule has 0 aliphatic rings. The molecule has 0 radical (unpaired) electrons. The summed E-state index contributed by atoms with van der Waals surface area (Å²) in [6.45, 7) is 3.57. The fourth-order valence-electron chi connectivity index (χ4n) is 2.52. The van der Waals surface area contributed by atoms with Gasteiger partial charge in [-0.05, 0) is 36.4 Å². The van der Waals surface area contributed by atoms with Gasteiger partial charge in [-0.1, -0.05) is 13.8 Å². The molecule has 0 saturated heterocycles. The maximum Gasteiger partial charge on any atom is 0.342 e. The van der Waals surface area contributed by atoms with E-state index in [4.69, 9.17) is 4.74 Å². The summed E-state index contributed by atoms with van der Waals surface area (Å²) in [6, 6.07) is 8.96. The average Bonchev–Trinajstić information content (AvgIpc) is 2.67. The van der Waals surface area contributed by atoms with Crippen molar-refractivity contribution >= 4 is 27.6 Å². The Balaban J connectivity index is 1.96. The van der Waals surface area contributed by atoms with E-state index < -0.39 is 34.3 Å². The van der Waals surface area contributed by atoms with Crippen LogP contribution in [0, 0.1) is 0 Å². The van der Waals surface area contributed by atoms with Crippen molar-refractivity contribution < 1.29 is 33.0 Å². The molecule has 2 aromatic carbocycles. The van der Waals surface area contributed by atoms with Crippen LogP contribution in [0.25, 0.3) is 0 Å². The van der Waals surface area contributed by atoms with E-state index >= 15 is 0 Å². The zero-order valence-corrected chi connectivity index (χ0v) is 16.8. The third-order valence-corrected chi connectivity index (χ3v) is 6.08. The highest BCUT2D eigenvalue weighted by molar-refractivity contribution is 7.89. The SMILES string of the molecule is CCN(CC)S(=O)(=O)c1ccc(NC(=O)COC(=O)c2ccc(O)cc2O)cc1. The molecular weight excluding hydrogens is 400 g/mol. The molecule has 0 atom stereocenters. The largest absolute Gasteiger partial charge is 0.508 e. The summed E-state index contributed by atoms with van der Waals surface area (Å²) in [5.74, 6) is -2.27. The van der Waals surface area contributed by atoms with Crippen LogP contribution in [-0.2, 0) is 19.6 Å². The third kappa shape index (κ3) is 5.46. The second-order valence-electron chi connectivity index (χ2n) is 5.94. The van der Waals surface area contributed by atoms with E-state index in [0.717, 1.165) is 6.07 Å². The number of sulfonamides is 1. The molecule has 3 N–H and O–H groups in total. The van der Waals surface area contributed by atoms with Gasteiger partial charge >= 0.3 is 5.97 Å². The highest BCUT2D eigenvalue weighted by Crippen LogP contribution is 2.23. The topological polar surface area (TPSA) is 133 Å². The first-order valence-corrected chi connectivity index (χ1v) is 10.2. The van der Waals surface area contributed by atoms with Crippen molar-refractivity contribution in [3.8, 4) is 11.5 Å². The number of carbonyl (C=O) groups excluding carboxylic acids is 2. The number of phenolic OH excluding ortho intramolecular Hbond substituents is 2. The Kier molecular flexibility index (Phi) is 7.18. The van der Waals surface area contributed by atoms with Gasteiger partial charge in [0.15, 0.2) is 6.61 Å². The second kappa shape index (κ2) is 9.39. The van der Waals surface area contributed by atoms with Gasteiger partial charge in [-0.15, -0.1) is 0 Å². The Morgan fingerprint density at radius 2 is 1.66 bits per heavy atom. The Labute approximate surface area is 168 Å². The van der Waals surface area contributed by atoms with E-state index in [-0.39, 0.29) is 16.2 Å². The van der Waals surface area contributed by atoms with Crippen LogP contribution in [0.4, 0.5) is 5.69 Å². The highest BCUT2D eigenvalue weighted by atomic mass is 32.2. The zero-order chi connectivity index (χ0) is 21.6. The van der Waals surface area contributed by atoms with Crippen molar-refractivity contribution in [1.82, 2.24) is 4.31 Å². The number of benzene rings is 2. The minimum absolute atomic E-state index is 0.105. The number of ether oxygens (including phenoxy) is 1. The van der Waals surface area contributed by atoms with Crippen LogP contribution in [0.15, 0.2) is 47.4 Å². The van der Waals surface area contributed by atoms with E-state index in [9.17, 15) is 28.2 Å². The molecule has 0 spiro atoms. The number of hydrogen-bond donors (Lipinski definition) is 3. The van der Waals surface area contributed by atoms with Crippen molar-refractivity contribution in [1.29, 1.82) is 0 Å².